The Kier molecular flexibility index (Phi) is 4.04. The summed E-state index contributed by atoms with van der Waals surface area (Å²) >= 11 is 0. The van der Waals surface area contributed by atoms with E-state index in [9.17, 15) is 0 Å². The molecule has 0 spiro atoms. The van der Waals surface area contributed by atoms with Gasteiger partial charge in [-0.1, -0.05) is 20.8 Å². The molecule has 100 valence electrons. The molecule has 2 rings (SSSR count). The van der Waals surface area contributed by atoms with Gasteiger partial charge in [-0.15, -0.1) is 0 Å². The molecule has 2 atom stereocenters. The predicted octanol–water partition coefficient (Wildman–Crippen LogP) is 2.56. The highest BCUT2D eigenvalue weighted by Crippen LogP contribution is 2.29. The summed E-state index contributed by atoms with van der Waals surface area (Å²) in [4.78, 5) is 11.3. The highest BCUT2D eigenvalue weighted by molar-refractivity contribution is 5.58. The van der Waals surface area contributed by atoms with Gasteiger partial charge in [0.25, 0.3) is 0 Å². The van der Waals surface area contributed by atoms with Crippen LogP contribution in [0.15, 0.2) is 6.33 Å². The summed E-state index contributed by atoms with van der Waals surface area (Å²) in [7, 11) is 1.92. The highest BCUT2D eigenvalue weighted by Gasteiger charge is 2.25. The molecular formula is C14H24N4. The van der Waals surface area contributed by atoms with Crippen LogP contribution in [0, 0.1) is 11.8 Å². The molecule has 4 heteroatoms. The maximum atomic E-state index is 4.53. The standard InChI is InChI=1S/C14H24N4/c1-5-12-13(15-4)16-9-17-14(12)18-7-10(2)6-11(3)8-18/h9-11H,5-8H2,1-4H3,(H,15,16,17). The van der Waals surface area contributed by atoms with E-state index >= 15 is 0 Å². The first-order chi connectivity index (χ1) is 8.65. The maximum absolute atomic E-state index is 4.53. The fourth-order valence-electron chi connectivity index (χ4n) is 3.05. The minimum absolute atomic E-state index is 0.742. The minimum Gasteiger partial charge on any atom is -0.373 e. The maximum Gasteiger partial charge on any atom is 0.137 e. The lowest BCUT2D eigenvalue weighted by Crippen LogP contribution is -2.39. The molecule has 4 nitrogen and oxygen atoms in total. The molecule has 0 amide bonds. The van der Waals surface area contributed by atoms with Crippen molar-refractivity contribution in [1.82, 2.24) is 9.97 Å². The van der Waals surface area contributed by atoms with Gasteiger partial charge in [0.05, 0.1) is 0 Å². The molecule has 1 N–H and O–H groups in total. The summed E-state index contributed by atoms with van der Waals surface area (Å²) in [5.74, 6) is 3.57. The van der Waals surface area contributed by atoms with Gasteiger partial charge in [-0.3, -0.25) is 0 Å². The number of anilines is 2. The summed E-state index contributed by atoms with van der Waals surface area (Å²) in [6.45, 7) is 9.04. The summed E-state index contributed by atoms with van der Waals surface area (Å²) in [5, 5.41) is 3.17. The SMILES string of the molecule is CCc1c(NC)ncnc1N1CC(C)CC(C)C1. The van der Waals surface area contributed by atoms with E-state index in [-0.39, 0.29) is 0 Å². The molecular weight excluding hydrogens is 224 g/mol. The fraction of sp³-hybridized carbons (Fsp3) is 0.714. The third-order valence-electron chi connectivity index (χ3n) is 3.68. The molecule has 1 aliphatic rings. The van der Waals surface area contributed by atoms with Crippen molar-refractivity contribution in [3.8, 4) is 0 Å². The molecule has 1 aromatic rings. The van der Waals surface area contributed by atoms with Crippen molar-refractivity contribution in [2.24, 2.45) is 11.8 Å². The van der Waals surface area contributed by atoms with Crippen LogP contribution < -0.4 is 10.2 Å². The van der Waals surface area contributed by atoms with Crippen molar-refractivity contribution in [3.05, 3.63) is 11.9 Å². The van der Waals surface area contributed by atoms with E-state index in [0.29, 0.717) is 0 Å². The van der Waals surface area contributed by atoms with E-state index in [0.717, 1.165) is 43.0 Å². The fourth-order valence-corrected chi connectivity index (χ4v) is 3.05. The smallest absolute Gasteiger partial charge is 0.137 e. The van der Waals surface area contributed by atoms with Crippen molar-refractivity contribution in [1.29, 1.82) is 0 Å². The van der Waals surface area contributed by atoms with Crippen LogP contribution in [0.4, 0.5) is 11.6 Å². The summed E-state index contributed by atoms with van der Waals surface area (Å²) in [5.41, 5.74) is 1.24. The Morgan fingerprint density at radius 3 is 2.50 bits per heavy atom. The summed E-state index contributed by atoms with van der Waals surface area (Å²) in [6.07, 6.45) is 3.96. The zero-order valence-corrected chi connectivity index (χ0v) is 11.9. The molecule has 2 heterocycles. The monoisotopic (exact) mass is 248 g/mol. The zero-order chi connectivity index (χ0) is 13.1. The number of nitrogens with zero attached hydrogens (tertiary/aromatic N) is 3. The Morgan fingerprint density at radius 1 is 1.28 bits per heavy atom. The normalized spacial score (nSPS) is 24.1. The van der Waals surface area contributed by atoms with Gasteiger partial charge in [-0.05, 0) is 24.7 Å². The van der Waals surface area contributed by atoms with Crippen LogP contribution in [-0.2, 0) is 6.42 Å². The Bertz CT molecular complexity index is 395. The van der Waals surface area contributed by atoms with Crippen LogP contribution in [0.5, 0.6) is 0 Å². The van der Waals surface area contributed by atoms with Crippen LogP contribution in [0.1, 0.15) is 32.8 Å². The number of piperidine rings is 1. The first-order valence-electron chi connectivity index (χ1n) is 6.92. The molecule has 1 fully saturated rings. The molecule has 1 aromatic heterocycles. The Hall–Kier alpha value is -1.32. The first-order valence-corrected chi connectivity index (χ1v) is 6.92. The number of nitrogens with one attached hydrogen (secondary N) is 1. The molecule has 0 aliphatic carbocycles. The molecule has 18 heavy (non-hydrogen) atoms. The van der Waals surface area contributed by atoms with E-state index in [1.807, 2.05) is 7.05 Å². The Labute approximate surface area is 110 Å². The van der Waals surface area contributed by atoms with Crippen LogP contribution >= 0.6 is 0 Å². The lowest BCUT2D eigenvalue weighted by Gasteiger charge is -2.36. The molecule has 0 bridgehead atoms. The lowest BCUT2D eigenvalue weighted by molar-refractivity contribution is 0.355. The van der Waals surface area contributed by atoms with E-state index in [1.165, 1.54) is 12.0 Å². The van der Waals surface area contributed by atoms with Crippen molar-refractivity contribution in [2.45, 2.75) is 33.6 Å². The van der Waals surface area contributed by atoms with Crippen LogP contribution in [0.25, 0.3) is 0 Å². The summed E-state index contributed by atoms with van der Waals surface area (Å²) in [6, 6.07) is 0. The van der Waals surface area contributed by atoms with E-state index < -0.39 is 0 Å². The Balaban J connectivity index is 2.32. The van der Waals surface area contributed by atoms with Gasteiger partial charge < -0.3 is 10.2 Å². The number of hydrogen-bond acceptors (Lipinski definition) is 4. The van der Waals surface area contributed by atoms with Gasteiger partial charge >= 0.3 is 0 Å². The Morgan fingerprint density at radius 2 is 1.94 bits per heavy atom. The highest BCUT2D eigenvalue weighted by atomic mass is 15.2. The van der Waals surface area contributed by atoms with E-state index in [1.54, 1.807) is 6.33 Å². The molecule has 2 unspecified atom stereocenters. The van der Waals surface area contributed by atoms with Crippen LogP contribution in [0.2, 0.25) is 0 Å². The number of aromatic nitrogens is 2. The average molecular weight is 248 g/mol. The van der Waals surface area contributed by atoms with Gasteiger partial charge in [-0.25, -0.2) is 9.97 Å². The van der Waals surface area contributed by atoms with Gasteiger partial charge in [0.15, 0.2) is 0 Å². The molecule has 1 saturated heterocycles. The van der Waals surface area contributed by atoms with Crippen molar-refractivity contribution >= 4 is 11.6 Å². The zero-order valence-electron chi connectivity index (χ0n) is 11.9. The van der Waals surface area contributed by atoms with Gasteiger partial charge in [0, 0.05) is 25.7 Å². The van der Waals surface area contributed by atoms with Crippen LogP contribution in [-0.4, -0.2) is 30.1 Å². The summed E-state index contributed by atoms with van der Waals surface area (Å²) < 4.78 is 0. The van der Waals surface area contributed by atoms with Crippen molar-refractivity contribution in [2.75, 3.05) is 30.4 Å². The molecule has 0 radical (unpaired) electrons. The molecule has 1 aliphatic heterocycles. The molecule has 0 aromatic carbocycles. The minimum atomic E-state index is 0.742. The lowest BCUT2D eigenvalue weighted by atomic mass is 9.91. The predicted molar refractivity (Wildman–Crippen MR) is 76.1 cm³/mol. The van der Waals surface area contributed by atoms with Gasteiger partial charge in [-0.2, -0.15) is 0 Å². The average Bonchev–Trinajstić information content (AvgIpc) is 2.36. The molecule has 0 saturated carbocycles. The van der Waals surface area contributed by atoms with Crippen LogP contribution in [0.3, 0.4) is 0 Å². The van der Waals surface area contributed by atoms with Gasteiger partial charge in [0.1, 0.15) is 18.0 Å². The number of hydrogen-bond donors (Lipinski definition) is 1. The van der Waals surface area contributed by atoms with E-state index in [4.69, 9.17) is 0 Å². The third-order valence-corrected chi connectivity index (χ3v) is 3.68. The first kappa shape index (κ1) is 13.1. The second kappa shape index (κ2) is 5.55. The third kappa shape index (κ3) is 2.57. The quantitative estimate of drug-likeness (QED) is 0.892. The topological polar surface area (TPSA) is 41.1 Å². The largest absolute Gasteiger partial charge is 0.373 e. The second-order valence-electron chi connectivity index (χ2n) is 5.48. The number of rotatable bonds is 3. The van der Waals surface area contributed by atoms with E-state index in [2.05, 4.69) is 41.0 Å². The van der Waals surface area contributed by atoms with Crippen molar-refractivity contribution < 1.29 is 0 Å². The second-order valence-corrected chi connectivity index (χ2v) is 5.48. The van der Waals surface area contributed by atoms with Crippen molar-refractivity contribution in [3.63, 3.8) is 0 Å². The van der Waals surface area contributed by atoms with Gasteiger partial charge in [0.2, 0.25) is 0 Å².